The molecule has 0 aromatic heterocycles. The van der Waals surface area contributed by atoms with Crippen LogP contribution in [0.25, 0.3) is 0 Å². The summed E-state index contributed by atoms with van der Waals surface area (Å²) in [6.07, 6.45) is 2.20. The molecule has 2 unspecified atom stereocenters. The Morgan fingerprint density at radius 3 is 3.12 bits per heavy atom. The molecule has 90 valence electrons. The quantitative estimate of drug-likeness (QED) is 0.744. The number of nitrogens with two attached hydrogens (primary N) is 1. The van der Waals surface area contributed by atoms with E-state index in [0.29, 0.717) is 26.1 Å². The summed E-state index contributed by atoms with van der Waals surface area (Å²) in [6.45, 7) is 3.37. The Labute approximate surface area is 96.2 Å². The molecule has 0 aromatic rings. The van der Waals surface area contributed by atoms with E-state index in [-0.39, 0.29) is 5.91 Å². The Morgan fingerprint density at radius 2 is 2.50 bits per heavy atom. The van der Waals surface area contributed by atoms with Gasteiger partial charge in [0.1, 0.15) is 0 Å². The van der Waals surface area contributed by atoms with Gasteiger partial charge in [-0.2, -0.15) is 5.26 Å². The Bertz CT molecular complexity index is 275. The SMILES string of the molecule is CCCCC(N)C(=O)N1CCOC(C#N)C1. The molecule has 0 aromatic carbocycles. The summed E-state index contributed by atoms with van der Waals surface area (Å²) in [5.41, 5.74) is 5.81. The molecule has 5 heteroatoms. The molecule has 16 heavy (non-hydrogen) atoms. The van der Waals surface area contributed by atoms with Gasteiger partial charge in [0.05, 0.1) is 25.3 Å². The van der Waals surface area contributed by atoms with Crippen LogP contribution in [0.2, 0.25) is 0 Å². The molecule has 5 nitrogen and oxygen atoms in total. The molecule has 1 aliphatic heterocycles. The number of amides is 1. The van der Waals surface area contributed by atoms with Crippen molar-refractivity contribution in [2.75, 3.05) is 19.7 Å². The van der Waals surface area contributed by atoms with Crippen molar-refractivity contribution in [3.8, 4) is 6.07 Å². The standard InChI is InChI=1S/C11H19N3O2/c1-2-3-4-10(13)11(15)14-5-6-16-9(7-12)8-14/h9-10H,2-6,8,13H2,1H3. The third-order valence-electron chi connectivity index (χ3n) is 2.71. The van der Waals surface area contributed by atoms with Gasteiger partial charge < -0.3 is 15.4 Å². The molecule has 1 amide bonds. The largest absolute Gasteiger partial charge is 0.360 e. The number of carbonyl (C=O) groups is 1. The molecule has 0 saturated carbocycles. The lowest BCUT2D eigenvalue weighted by atomic mass is 10.1. The first-order chi connectivity index (χ1) is 7.69. The van der Waals surface area contributed by atoms with Gasteiger partial charge in [0.25, 0.3) is 0 Å². The molecule has 1 rings (SSSR count). The maximum absolute atomic E-state index is 11.9. The van der Waals surface area contributed by atoms with Crippen LogP contribution < -0.4 is 5.73 Å². The normalized spacial score (nSPS) is 22.6. The summed E-state index contributed by atoms with van der Waals surface area (Å²) >= 11 is 0. The molecular formula is C11H19N3O2. The van der Waals surface area contributed by atoms with E-state index in [0.717, 1.165) is 12.8 Å². The van der Waals surface area contributed by atoms with E-state index in [2.05, 4.69) is 6.92 Å². The number of hydrogen-bond acceptors (Lipinski definition) is 4. The summed E-state index contributed by atoms with van der Waals surface area (Å²) < 4.78 is 5.17. The van der Waals surface area contributed by atoms with Gasteiger partial charge in [-0.3, -0.25) is 4.79 Å². The lowest BCUT2D eigenvalue weighted by Gasteiger charge is -2.31. The number of unbranched alkanes of at least 4 members (excludes halogenated alkanes) is 1. The van der Waals surface area contributed by atoms with Crippen molar-refractivity contribution < 1.29 is 9.53 Å². The summed E-state index contributed by atoms with van der Waals surface area (Å²) in [5, 5.41) is 8.73. The van der Waals surface area contributed by atoms with Crippen LogP contribution in [0.4, 0.5) is 0 Å². The van der Waals surface area contributed by atoms with Crippen LogP contribution in [0.15, 0.2) is 0 Å². The van der Waals surface area contributed by atoms with Crippen molar-refractivity contribution in [1.29, 1.82) is 5.26 Å². The van der Waals surface area contributed by atoms with Crippen LogP contribution in [-0.4, -0.2) is 42.6 Å². The van der Waals surface area contributed by atoms with Crippen LogP contribution in [0, 0.1) is 11.3 Å². The van der Waals surface area contributed by atoms with Gasteiger partial charge >= 0.3 is 0 Å². The summed E-state index contributed by atoms with van der Waals surface area (Å²) in [7, 11) is 0. The van der Waals surface area contributed by atoms with Gasteiger partial charge in [0, 0.05) is 6.54 Å². The number of morpholine rings is 1. The second-order valence-electron chi connectivity index (χ2n) is 4.02. The maximum atomic E-state index is 11.9. The Morgan fingerprint density at radius 1 is 1.75 bits per heavy atom. The van der Waals surface area contributed by atoms with Crippen molar-refractivity contribution in [2.24, 2.45) is 5.73 Å². The molecule has 1 saturated heterocycles. The number of nitrogens with zero attached hydrogens (tertiary/aromatic N) is 2. The number of carbonyl (C=O) groups excluding carboxylic acids is 1. The number of rotatable bonds is 4. The zero-order valence-corrected chi connectivity index (χ0v) is 9.69. The highest BCUT2D eigenvalue weighted by atomic mass is 16.5. The van der Waals surface area contributed by atoms with Gasteiger partial charge in [-0.15, -0.1) is 0 Å². The first-order valence-electron chi connectivity index (χ1n) is 5.74. The highest BCUT2D eigenvalue weighted by Gasteiger charge is 2.26. The van der Waals surface area contributed by atoms with E-state index in [1.54, 1.807) is 4.90 Å². The van der Waals surface area contributed by atoms with E-state index in [9.17, 15) is 4.79 Å². The third-order valence-corrected chi connectivity index (χ3v) is 2.71. The Balaban J connectivity index is 2.43. The fourth-order valence-corrected chi connectivity index (χ4v) is 1.71. The predicted octanol–water partition coefficient (Wildman–Crippen LogP) is 0.255. The van der Waals surface area contributed by atoms with Gasteiger partial charge in [0.15, 0.2) is 6.10 Å². The highest BCUT2D eigenvalue weighted by Crippen LogP contribution is 2.08. The molecule has 0 radical (unpaired) electrons. The lowest BCUT2D eigenvalue weighted by Crippen LogP contribution is -2.51. The molecule has 2 N–H and O–H groups in total. The van der Waals surface area contributed by atoms with E-state index >= 15 is 0 Å². The summed E-state index contributed by atoms with van der Waals surface area (Å²) in [4.78, 5) is 13.5. The molecule has 1 fully saturated rings. The second-order valence-corrected chi connectivity index (χ2v) is 4.02. The van der Waals surface area contributed by atoms with Gasteiger partial charge in [-0.1, -0.05) is 19.8 Å². The smallest absolute Gasteiger partial charge is 0.239 e. The number of ether oxygens (including phenoxy) is 1. The minimum atomic E-state index is -0.504. The van der Waals surface area contributed by atoms with Crippen molar-refractivity contribution in [3.63, 3.8) is 0 Å². The van der Waals surface area contributed by atoms with Gasteiger partial charge in [-0.25, -0.2) is 0 Å². The lowest BCUT2D eigenvalue weighted by molar-refractivity contribution is -0.138. The summed E-state index contributed by atoms with van der Waals surface area (Å²) in [5.74, 6) is -0.0583. The topological polar surface area (TPSA) is 79.3 Å². The fraction of sp³-hybridized carbons (Fsp3) is 0.818. The van der Waals surface area contributed by atoms with Crippen LogP contribution in [0.5, 0.6) is 0 Å². The zero-order valence-electron chi connectivity index (χ0n) is 9.69. The van der Waals surface area contributed by atoms with E-state index < -0.39 is 12.1 Å². The van der Waals surface area contributed by atoms with Crippen molar-refractivity contribution in [3.05, 3.63) is 0 Å². The zero-order chi connectivity index (χ0) is 12.0. The fourth-order valence-electron chi connectivity index (χ4n) is 1.71. The first-order valence-corrected chi connectivity index (χ1v) is 5.74. The van der Waals surface area contributed by atoms with Crippen LogP contribution >= 0.6 is 0 Å². The second kappa shape index (κ2) is 6.46. The van der Waals surface area contributed by atoms with Crippen LogP contribution in [-0.2, 0) is 9.53 Å². The van der Waals surface area contributed by atoms with Crippen molar-refractivity contribution in [1.82, 2.24) is 4.90 Å². The molecule has 1 aliphatic rings. The molecule has 0 bridgehead atoms. The van der Waals surface area contributed by atoms with Crippen molar-refractivity contribution in [2.45, 2.75) is 38.3 Å². The third kappa shape index (κ3) is 3.47. The Kier molecular flexibility index (Phi) is 5.23. The predicted molar refractivity (Wildman–Crippen MR) is 59.4 cm³/mol. The summed E-state index contributed by atoms with van der Waals surface area (Å²) in [6, 6.07) is 1.58. The van der Waals surface area contributed by atoms with E-state index in [4.69, 9.17) is 15.7 Å². The average molecular weight is 225 g/mol. The molecule has 1 heterocycles. The molecule has 0 aliphatic carbocycles. The van der Waals surface area contributed by atoms with Gasteiger partial charge in [0.2, 0.25) is 5.91 Å². The molecular weight excluding hydrogens is 206 g/mol. The number of hydrogen-bond donors (Lipinski definition) is 1. The van der Waals surface area contributed by atoms with E-state index in [1.807, 2.05) is 6.07 Å². The van der Waals surface area contributed by atoms with Crippen LogP contribution in [0.1, 0.15) is 26.2 Å². The van der Waals surface area contributed by atoms with Gasteiger partial charge in [-0.05, 0) is 6.42 Å². The van der Waals surface area contributed by atoms with Crippen LogP contribution in [0.3, 0.4) is 0 Å². The highest BCUT2D eigenvalue weighted by molar-refractivity contribution is 5.81. The minimum Gasteiger partial charge on any atom is -0.360 e. The molecule has 2 atom stereocenters. The Hall–Kier alpha value is -1.12. The average Bonchev–Trinajstić information content (AvgIpc) is 2.35. The molecule has 0 spiro atoms. The first kappa shape index (κ1) is 12.9. The van der Waals surface area contributed by atoms with E-state index in [1.165, 1.54) is 0 Å². The maximum Gasteiger partial charge on any atom is 0.239 e. The monoisotopic (exact) mass is 225 g/mol. The van der Waals surface area contributed by atoms with Crippen molar-refractivity contribution >= 4 is 5.91 Å². The minimum absolute atomic E-state index is 0.0583. The number of nitriles is 1.